The van der Waals surface area contributed by atoms with Crippen LogP contribution in [0.4, 0.5) is 0 Å². The largest absolute Gasteiger partial charge is 0.480 e. The van der Waals surface area contributed by atoms with Crippen LogP contribution in [0.1, 0.15) is 151 Å². The van der Waals surface area contributed by atoms with Gasteiger partial charge < -0.3 is 169 Å². The molecule has 1 fully saturated rings. The first-order valence-electron chi connectivity index (χ1n) is 47.9. The predicted molar refractivity (Wildman–Crippen MR) is 524 cm³/mol. The normalized spacial score (nSPS) is 17.1. The molecule has 53 nitrogen and oxygen atoms in total. The minimum atomic E-state index is -1.99. The molecule has 0 radical (unpaired) electrons. The summed E-state index contributed by atoms with van der Waals surface area (Å²) in [5.74, 6) is -25.3. The molecule has 0 bridgehead atoms. The number of aromatic nitrogens is 1. The van der Waals surface area contributed by atoms with Gasteiger partial charge in [-0.05, 0) is 127 Å². The molecular weight excluding hydrogens is 1940 g/mol. The molecule has 2 heterocycles. The molecule has 20 amide bonds. The number of aliphatic hydroxyl groups is 8. The number of para-hydroxylation sites is 1. The number of likely N-dealkylation sites (tertiary alicyclic amines) is 1. The van der Waals surface area contributed by atoms with Crippen LogP contribution in [0.3, 0.4) is 0 Å². The Labute approximate surface area is 847 Å². The lowest BCUT2D eigenvalue weighted by Crippen LogP contribution is -2.63. The van der Waals surface area contributed by atoms with Crippen LogP contribution in [0.2, 0.25) is 0 Å². The highest BCUT2D eigenvalue weighted by Gasteiger charge is 2.44. The van der Waals surface area contributed by atoms with Gasteiger partial charge in [0.1, 0.15) is 109 Å². The van der Waals surface area contributed by atoms with E-state index in [-0.39, 0.29) is 83.2 Å². The maximum atomic E-state index is 14.9. The third kappa shape index (κ3) is 39.6. The Hall–Kier alpha value is -13.2. The number of unbranched alkanes of at least 4 members (excludes halogenated alkanes) is 1. The number of aliphatic hydroxyl groups excluding tert-OH is 8. The third-order valence-electron chi connectivity index (χ3n) is 24.0. The third-order valence-corrected chi connectivity index (χ3v) is 24.4. The lowest BCUT2D eigenvalue weighted by Gasteiger charge is -2.31. The van der Waals surface area contributed by atoms with E-state index in [0.717, 1.165) is 43.5 Å². The van der Waals surface area contributed by atoms with Crippen LogP contribution in [-0.2, 0) is 114 Å². The van der Waals surface area contributed by atoms with E-state index >= 15 is 0 Å². The van der Waals surface area contributed by atoms with Gasteiger partial charge in [0.15, 0.2) is 0 Å². The molecule has 4 rings (SSSR count). The first-order valence-corrected chi connectivity index (χ1v) is 48.5. The molecule has 1 aliphatic heterocycles. The first-order chi connectivity index (χ1) is 68.9. The number of rotatable bonds is 64. The quantitative estimate of drug-likeness (QED) is 0.0184. The van der Waals surface area contributed by atoms with Gasteiger partial charge in [0.2, 0.25) is 118 Å². The number of aliphatic carboxylic acids is 1. The molecule has 0 aliphatic carbocycles. The predicted octanol–water partition coefficient (Wildman–Crippen LogP) is -11.7. The Kier molecular flexibility index (Phi) is 53.6. The van der Waals surface area contributed by atoms with Crippen LogP contribution in [-0.4, -0.2) is 371 Å². The molecule has 0 unspecified atom stereocenters. The van der Waals surface area contributed by atoms with Crippen LogP contribution in [0, 0.1) is 17.8 Å². The molecular formula is C92H145N23O30S. The first kappa shape index (κ1) is 125. The van der Waals surface area contributed by atoms with E-state index in [9.17, 15) is 147 Å². The summed E-state index contributed by atoms with van der Waals surface area (Å²) in [5.41, 5.74) is 19.3. The average molecular weight is 2090 g/mol. The van der Waals surface area contributed by atoms with E-state index in [1.165, 1.54) is 20.8 Å². The number of nitrogens with one attached hydrogen (secondary N) is 19. The lowest BCUT2D eigenvalue weighted by atomic mass is 9.97. The van der Waals surface area contributed by atoms with Crippen molar-refractivity contribution in [3.63, 3.8) is 0 Å². The summed E-state index contributed by atoms with van der Waals surface area (Å²) < 4.78 is 0. The fourth-order valence-corrected chi connectivity index (χ4v) is 15.2. The highest BCUT2D eigenvalue weighted by atomic mass is 32.1. The van der Waals surface area contributed by atoms with Crippen LogP contribution in [0.15, 0.2) is 60.8 Å². The summed E-state index contributed by atoms with van der Waals surface area (Å²) >= 11 is 4.17. The molecule has 34 N–H and O–H groups in total. The fraction of sp³-hybridized carbons (Fsp3) is 0.620. The second kappa shape index (κ2) is 62.6. The van der Waals surface area contributed by atoms with Crippen molar-refractivity contribution in [3.05, 3.63) is 71.9 Å². The second-order valence-corrected chi connectivity index (χ2v) is 36.5. The van der Waals surface area contributed by atoms with Crippen molar-refractivity contribution in [1.29, 1.82) is 0 Å². The van der Waals surface area contributed by atoms with Gasteiger partial charge in [0.25, 0.3) is 0 Å². The molecule has 814 valence electrons. The number of carboxylic acids is 1. The van der Waals surface area contributed by atoms with E-state index in [0.29, 0.717) is 11.1 Å². The molecule has 1 saturated heterocycles. The molecule has 24 atom stereocenters. The number of benzene rings is 2. The highest BCUT2D eigenvalue weighted by molar-refractivity contribution is 7.80. The summed E-state index contributed by atoms with van der Waals surface area (Å²) in [7, 11) is 0. The lowest BCUT2D eigenvalue weighted by molar-refractivity contribution is -0.143. The molecule has 0 spiro atoms. The smallest absolute Gasteiger partial charge is 0.326 e. The van der Waals surface area contributed by atoms with Gasteiger partial charge in [0, 0.05) is 42.2 Å². The minimum Gasteiger partial charge on any atom is -0.480 e. The van der Waals surface area contributed by atoms with Gasteiger partial charge in [-0.2, -0.15) is 12.6 Å². The van der Waals surface area contributed by atoms with Gasteiger partial charge in [-0.1, -0.05) is 103 Å². The zero-order chi connectivity index (χ0) is 110. The maximum absolute atomic E-state index is 14.9. The molecule has 0 saturated carbocycles. The number of carbonyl (C=O) groups excluding carboxylic acids is 20. The van der Waals surface area contributed by atoms with Crippen molar-refractivity contribution >= 4 is 148 Å². The summed E-state index contributed by atoms with van der Waals surface area (Å²) in [6, 6.07) is -16.2. The Morgan fingerprint density at radius 2 is 0.822 bits per heavy atom. The minimum absolute atomic E-state index is 0.00406. The van der Waals surface area contributed by atoms with Gasteiger partial charge >= 0.3 is 5.97 Å². The summed E-state index contributed by atoms with van der Waals surface area (Å²) in [6.07, 6.45) is -4.11. The average Bonchev–Trinajstić information content (AvgIpc) is 1.65. The Morgan fingerprint density at radius 1 is 0.432 bits per heavy atom. The van der Waals surface area contributed by atoms with E-state index in [2.05, 4.69) is 113 Å². The van der Waals surface area contributed by atoms with Crippen LogP contribution < -0.4 is 113 Å². The molecule has 1 aliphatic rings. The number of aromatic amines is 1. The zero-order valence-electron chi connectivity index (χ0n) is 83.3. The summed E-state index contributed by atoms with van der Waals surface area (Å²) in [5, 5.41) is 136. The highest BCUT2D eigenvalue weighted by Crippen LogP contribution is 2.23. The molecule has 1 aromatic heterocycles. The number of nitrogens with two attached hydrogens (primary N) is 3. The van der Waals surface area contributed by atoms with Crippen molar-refractivity contribution < 1.29 is 147 Å². The number of thiol groups is 1. The number of H-pyrrole nitrogens is 1. The van der Waals surface area contributed by atoms with Crippen LogP contribution in [0.5, 0.6) is 0 Å². The van der Waals surface area contributed by atoms with Crippen LogP contribution in [0.25, 0.3) is 10.9 Å². The van der Waals surface area contributed by atoms with Gasteiger partial charge in [0.05, 0.1) is 63.9 Å². The van der Waals surface area contributed by atoms with Gasteiger partial charge in [-0.25, -0.2) is 4.79 Å². The SMILES string of the molecule is CC[C@H](C)[C@H](NC(=O)[C@H](CO)NC(=O)[C@H](C)NC(=O)[C@H](CO)NC(=O)[C@@H](NC(=O)[C@H](CCCCN)NC(=O)[C@H](CO)NC(=O)[C@@H]1CCCN1C(=O)[C@H](Cc1ccccc1)NC(=O)[C@H](C)NC(=O)[C@@H](NC(=O)[C@H](CO)NC(=O)[C@H](CCC(N)=O)NC(=O)[C@H](CS)NC(=O)[C@@H](NC(=O)[C@@H](NC(=O)[C@@H](N)Cc1c[nH]c2ccccc12)[C@@H](C)O)[C@@H](C)O)[C@@H](C)CC)[C@@H](C)O)C(=O)NCC(=O)N[C@@H](CO)C(=O)N[C@@H](CC(C)C)C(=O)O. The summed E-state index contributed by atoms with van der Waals surface area (Å²) in [6.45, 7) is 9.02. The fourth-order valence-electron chi connectivity index (χ4n) is 15.0. The van der Waals surface area contributed by atoms with Crippen molar-refractivity contribution in [2.75, 3.05) is 58.4 Å². The number of hydrogen-bond donors (Lipinski definition) is 32. The monoisotopic (exact) mass is 2080 g/mol. The van der Waals surface area contributed by atoms with E-state index < -0.39 is 327 Å². The van der Waals surface area contributed by atoms with Crippen molar-refractivity contribution in [2.24, 2.45) is 35.0 Å². The van der Waals surface area contributed by atoms with Crippen LogP contribution >= 0.6 is 12.6 Å². The van der Waals surface area contributed by atoms with Crippen molar-refractivity contribution in [3.8, 4) is 0 Å². The van der Waals surface area contributed by atoms with Crippen molar-refractivity contribution in [2.45, 2.75) is 286 Å². The number of carboxylic acid groups (broad SMARTS) is 1. The van der Waals surface area contributed by atoms with Gasteiger partial charge in [-0.3, -0.25) is 95.9 Å². The topological polar surface area (TPSA) is 854 Å². The van der Waals surface area contributed by atoms with Gasteiger partial charge in [-0.15, -0.1) is 0 Å². The Bertz CT molecular complexity index is 4940. The number of amides is 20. The van der Waals surface area contributed by atoms with E-state index in [1.54, 1.807) is 82.4 Å². The number of carbonyl (C=O) groups is 21. The Balaban J connectivity index is 1.42. The number of nitrogens with zero attached hydrogens (tertiary/aromatic N) is 1. The maximum Gasteiger partial charge on any atom is 0.326 e. The zero-order valence-corrected chi connectivity index (χ0v) is 84.2. The Morgan fingerprint density at radius 3 is 1.32 bits per heavy atom. The standard InChI is InChI=1S/C92H145N23O30S/c1-12-44(5)69(86(138)97-36-68(125)100-60(37-116)80(132)104-59(92(144)145)32-43(3)4)110-82(134)63(40-119)105-75(127)46(7)98-79(131)61(38-117)108-88(140)71(48(9)121)113-78(130)56(26-19-20-30-93)101-81(133)62(39-118)107-85(137)66-27-21-31-115(66)91(143)58(33-51-22-15-14-16-23-51)103-74(126)47(8)99-87(139)70(45(6)13-2)111-83(135)64(41-120)106-77(129)57(28-29-67(95)124)102-84(136)65(42-146)109-89(141)72(49(10)122)114-90(142)73(50(11)123)112-76(128)54(94)34-52-35-96-55-25-18-17-24-53(52)55/h14-18,22-25,35,43-50,54,56-66,69-73,96,116-123,146H,12-13,19-21,26-34,36-42,93-94H2,1-11H3,(H2,95,124)(H,97,138)(H,98,131)(H,99,139)(H,100,125)(H,101,133)(H,102,136)(H,103,126)(H,104,132)(H,105,127)(H,106,129)(H,107,137)(H,108,140)(H,109,141)(H,110,134)(H,111,135)(H,112,128)(H,113,130)(H,114,142)(H,144,145)/t44-,45-,46-,47-,48+,49+,50+,54-,56-,57-,58-,59-,60-,61-,62-,63-,64-,65-,66-,69-,70-,71-,72-,73-/m0/s1. The van der Waals surface area contributed by atoms with E-state index in [1.807, 2.05) is 6.07 Å². The number of hydrogen-bond acceptors (Lipinski definition) is 32. The number of fused-ring (bicyclic) bond motifs is 1. The van der Waals surface area contributed by atoms with E-state index in [4.69, 9.17) is 17.2 Å². The molecule has 2 aromatic carbocycles. The summed E-state index contributed by atoms with van der Waals surface area (Å²) in [4.78, 5) is 291. The molecule has 54 heteroatoms. The molecule has 146 heavy (non-hydrogen) atoms. The second-order valence-electron chi connectivity index (χ2n) is 36.2. The molecule has 3 aromatic rings. The number of primary amides is 1. The van der Waals surface area contributed by atoms with Crippen molar-refractivity contribution in [1.82, 2.24) is 106 Å².